The molecule has 0 bridgehead atoms. The first-order valence-corrected chi connectivity index (χ1v) is 5.76. The topological polar surface area (TPSA) is 94.2 Å². The third-order valence-corrected chi connectivity index (χ3v) is 2.60. The molecule has 1 aromatic carbocycles. The van der Waals surface area contributed by atoms with Crippen LogP contribution in [-0.4, -0.2) is 32.3 Å². The summed E-state index contributed by atoms with van der Waals surface area (Å²) in [7, 11) is 1.51. The predicted molar refractivity (Wildman–Crippen MR) is 69.0 cm³/mol. The van der Waals surface area contributed by atoms with E-state index in [0.29, 0.717) is 28.9 Å². The molecule has 7 heteroatoms. The summed E-state index contributed by atoms with van der Waals surface area (Å²) in [6.45, 7) is 0. The SMILES string of the molecule is COc1cc(-c2noc(-c3cccc(O)c3)n2)ncn1. The van der Waals surface area contributed by atoms with Gasteiger partial charge in [0.2, 0.25) is 11.7 Å². The highest BCUT2D eigenvalue weighted by molar-refractivity contribution is 5.59. The summed E-state index contributed by atoms with van der Waals surface area (Å²) in [6, 6.07) is 8.17. The number of rotatable bonds is 3. The highest BCUT2D eigenvalue weighted by Gasteiger charge is 2.12. The Morgan fingerprint density at radius 2 is 2.10 bits per heavy atom. The average Bonchev–Trinajstić information content (AvgIpc) is 2.97. The zero-order chi connectivity index (χ0) is 13.9. The minimum absolute atomic E-state index is 0.131. The Balaban J connectivity index is 1.97. The molecule has 0 atom stereocenters. The first-order chi connectivity index (χ1) is 9.76. The molecule has 0 aliphatic heterocycles. The molecule has 20 heavy (non-hydrogen) atoms. The highest BCUT2D eigenvalue weighted by atomic mass is 16.5. The van der Waals surface area contributed by atoms with Crippen molar-refractivity contribution in [3.05, 3.63) is 36.7 Å². The predicted octanol–water partition coefficient (Wildman–Crippen LogP) is 1.91. The van der Waals surface area contributed by atoms with Crippen molar-refractivity contribution < 1.29 is 14.4 Å². The van der Waals surface area contributed by atoms with Crippen LogP contribution in [0.1, 0.15) is 0 Å². The molecule has 0 radical (unpaired) electrons. The quantitative estimate of drug-likeness (QED) is 0.776. The van der Waals surface area contributed by atoms with Gasteiger partial charge in [0, 0.05) is 11.6 Å². The largest absolute Gasteiger partial charge is 0.508 e. The number of ether oxygens (including phenoxy) is 1. The van der Waals surface area contributed by atoms with Gasteiger partial charge in [0.1, 0.15) is 17.8 Å². The minimum Gasteiger partial charge on any atom is -0.508 e. The number of methoxy groups -OCH3 is 1. The standard InChI is InChI=1S/C13H10N4O3/c1-19-11-6-10(14-7-15-11)12-16-13(20-17-12)8-3-2-4-9(18)5-8/h2-7,18H,1H3. The van der Waals surface area contributed by atoms with E-state index in [1.165, 1.54) is 19.5 Å². The molecular weight excluding hydrogens is 260 g/mol. The number of nitrogens with zero attached hydrogens (tertiary/aromatic N) is 4. The van der Waals surface area contributed by atoms with Gasteiger partial charge in [-0.25, -0.2) is 9.97 Å². The second-order valence-corrected chi connectivity index (χ2v) is 3.92. The van der Waals surface area contributed by atoms with Crippen molar-refractivity contribution in [2.75, 3.05) is 7.11 Å². The lowest BCUT2D eigenvalue weighted by molar-refractivity contribution is 0.397. The van der Waals surface area contributed by atoms with E-state index >= 15 is 0 Å². The van der Waals surface area contributed by atoms with Gasteiger partial charge in [0.25, 0.3) is 5.89 Å². The maximum absolute atomic E-state index is 9.44. The normalized spacial score (nSPS) is 10.4. The van der Waals surface area contributed by atoms with Gasteiger partial charge in [-0.15, -0.1) is 0 Å². The van der Waals surface area contributed by atoms with Gasteiger partial charge in [-0.1, -0.05) is 11.2 Å². The van der Waals surface area contributed by atoms with Crippen LogP contribution in [0.25, 0.3) is 23.0 Å². The van der Waals surface area contributed by atoms with Crippen molar-refractivity contribution in [2.45, 2.75) is 0 Å². The van der Waals surface area contributed by atoms with Crippen molar-refractivity contribution >= 4 is 0 Å². The lowest BCUT2D eigenvalue weighted by Gasteiger charge is -1.97. The van der Waals surface area contributed by atoms with E-state index in [9.17, 15) is 5.11 Å². The number of phenols is 1. The summed E-state index contributed by atoms with van der Waals surface area (Å²) in [5.74, 6) is 1.17. The van der Waals surface area contributed by atoms with Crippen LogP contribution in [0, 0.1) is 0 Å². The van der Waals surface area contributed by atoms with Gasteiger partial charge < -0.3 is 14.4 Å². The fraction of sp³-hybridized carbons (Fsp3) is 0.0769. The fourth-order valence-corrected chi connectivity index (χ4v) is 1.66. The summed E-state index contributed by atoms with van der Waals surface area (Å²) < 4.78 is 10.2. The van der Waals surface area contributed by atoms with Gasteiger partial charge in [-0.05, 0) is 18.2 Å². The van der Waals surface area contributed by atoms with Crippen LogP contribution < -0.4 is 4.74 Å². The first kappa shape index (κ1) is 12.1. The van der Waals surface area contributed by atoms with Crippen LogP contribution in [0.15, 0.2) is 41.2 Å². The van der Waals surface area contributed by atoms with E-state index in [2.05, 4.69) is 20.1 Å². The summed E-state index contributed by atoms with van der Waals surface area (Å²) in [5, 5.41) is 13.3. The molecule has 3 rings (SSSR count). The minimum atomic E-state index is 0.131. The van der Waals surface area contributed by atoms with Gasteiger partial charge in [-0.3, -0.25) is 0 Å². The molecule has 1 N–H and O–H groups in total. The van der Waals surface area contributed by atoms with Crippen molar-refractivity contribution in [1.29, 1.82) is 0 Å². The summed E-state index contributed by atoms with van der Waals surface area (Å²) in [6.07, 6.45) is 1.36. The molecule has 0 fully saturated rings. The molecule has 0 saturated heterocycles. The Morgan fingerprint density at radius 3 is 2.90 bits per heavy atom. The van der Waals surface area contributed by atoms with E-state index in [4.69, 9.17) is 9.26 Å². The Kier molecular flexibility index (Phi) is 3.00. The molecule has 3 aromatic rings. The van der Waals surface area contributed by atoms with Crippen LogP contribution in [0.2, 0.25) is 0 Å². The van der Waals surface area contributed by atoms with E-state index in [0.717, 1.165) is 0 Å². The van der Waals surface area contributed by atoms with Crippen LogP contribution in [0.4, 0.5) is 0 Å². The molecule has 0 amide bonds. The number of hydrogen-bond acceptors (Lipinski definition) is 7. The number of aromatic nitrogens is 4. The van der Waals surface area contributed by atoms with E-state index in [1.807, 2.05) is 0 Å². The van der Waals surface area contributed by atoms with E-state index in [1.54, 1.807) is 24.3 Å². The average molecular weight is 270 g/mol. The molecule has 2 aromatic heterocycles. The Labute approximate surface area is 113 Å². The Morgan fingerprint density at radius 1 is 1.20 bits per heavy atom. The smallest absolute Gasteiger partial charge is 0.258 e. The first-order valence-electron chi connectivity index (χ1n) is 5.76. The van der Waals surface area contributed by atoms with Gasteiger partial charge in [-0.2, -0.15) is 4.98 Å². The molecular formula is C13H10N4O3. The van der Waals surface area contributed by atoms with Crippen molar-refractivity contribution in [2.24, 2.45) is 0 Å². The number of hydrogen-bond donors (Lipinski definition) is 1. The Bertz CT molecular complexity index is 742. The third kappa shape index (κ3) is 2.28. The molecule has 0 unspecified atom stereocenters. The number of phenolic OH excluding ortho intramolecular Hbond substituents is 1. The summed E-state index contributed by atoms with van der Waals surface area (Å²) >= 11 is 0. The van der Waals surface area contributed by atoms with E-state index < -0.39 is 0 Å². The van der Waals surface area contributed by atoms with Crippen LogP contribution in [0.3, 0.4) is 0 Å². The molecule has 0 aliphatic rings. The zero-order valence-corrected chi connectivity index (χ0v) is 10.5. The molecule has 2 heterocycles. The molecule has 7 nitrogen and oxygen atoms in total. The molecule has 0 aliphatic carbocycles. The number of aromatic hydroxyl groups is 1. The highest BCUT2D eigenvalue weighted by Crippen LogP contribution is 2.24. The molecule has 0 spiro atoms. The second kappa shape index (κ2) is 4.96. The molecule has 0 saturated carbocycles. The maximum Gasteiger partial charge on any atom is 0.258 e. The van der Waals surface area contributed by atoms with Gasteiger partial charge in [0.15, 0.2) is 0 Å². The van der Waals surface area contributed by atoms with Crippen molar-refractivity contribution in [3.63, 3.8) is 0 Å². The summed E-state index contributed by atoms with van der Waals surface area (Å²) in [5.41, 5.74) is 1.12. The van der Waals surface area contributed by atoms with E-state index in [-0.39, 0.29) is 5.75 Å². The monoisotopic (exact) mass is 270 g/mol. The van der Waals surface area contributed by atoms with Crippen molar-refractivity contribution in [3.8, 4) is 34.6 Å². The van der Waals surface area contributed by atoms with Crippen LogP contribution >= 0.6 is 0 Å². The fourth-order valence-electron chi connectivity index (χ4n) is 1.66. The Hall–Kier alpha value is -2.96. The summed E-state index contributed by atoms with van der Waals surface area (Å²) in [4.78, 5) is 12.2. The second-order valence-electron chi connectivity index (χ2n) is 3.92. The van der Waals surface area contributed by atoms with Gasteiger partial charge in [0.05, 0.1) is 7.11 Å². The number of benzene rings is 1. The third-order valence-electron chi connectivity index (χ3n) is 2.60. The maximum atomic E-state index is 9.44. The van der Waals surface area contributed by atoms with Crippen LogP contribution in [0.5, 0.6) is 11.6 Å². The lowest BCUT2D eigenvalue weighted by atomic mass is 10.2. The molecule has 100 valence electrons. The zero-order valence-electron chi connectivity index (χ0n) is 10.5. The lowest BCUT2D eigenvalue weighted by Crippen LogP contribution is -1.91. The van der Waals surface area contributed by atoms with Crippen LogP contribution in [-0.2, 0) is 0 Å². The van der Waals surface area contributed by atoms with Gasteiger partial charge >= 0.3 is 0 Å². The van der Waals surface area contributed by atoms with Crippen molar-refractivity contribution in [1.82, 2.24) is 20.1 Å².